The Bertz CT molecular complexity index is 284. The smallest absolute Gasteiger partial charge is 0.148 e. The molecule has 1 fully saturated rings. The van der Waals surface area contributed by atoms with Crippen LogP contribution in [0.2, 0.25) is 0 Å². The Morgan fingerprint density at radius 2 is 2.25 bits per heavy atom. The maximum absolute atomic E-state index is 11.4. The lowest BCUT2D eigenvalue weighted by molar-refractivity contribution is 0.0425. The van der Waals surface area contributed by atoms with Gasteiger partial charge < -0.3 is 10.1 Å². The standard InChI is InChI=1S/C11H23NO3S/c1-3-6-12-11(9-16(2,13)14)10-5-4-7-15-8-10/h10-12H,3-9H2,1-2H3. The molecule has 0 amide bonds. The third kappa shape index (κ3) is 5.27. The summed E-state index contributed by atoms with van der Waals surface area (Å²) in [6, 6.07) is 0.0512. The summed E-state index contributed by atoms with van der Waals surface area (Å²) in [5.74, 6) is 0.566. The fraction of sp³-hybridized carbons (Fsp3) is 1.00. The Labute approximate surface area is 98.7 Å². The molecule has 0 aromatic carbocycles. The highest BCUT2D eigenvalue weighted by atomic mass is 32.2. The van der Waals surface area contributed by atoms with Crippen LogP contribution in [0, 0.1) is 5.92 Å². The topological polar surface area (TPSA) is 55.4 Å². The lowest BCUT2D eigenvalue weighted by Gasteiger charge is -2.30. The molecule has 0 radical (unpaired) electrons. The molecule has 1 heterocycles. The van der Waals surface area contributed by atoms with Crippen LogP contribution in [-0.2, 0) is 14.6 Å². The van der Waals surface area contributed by atoms with Gasteiger partial charge in [-0.05, 0) is 31.7 Å². The minimum absolute atomic E-state index is 0.0512. The van der Waals surface area contributed by atoms with E-state index >= 15 is 0 Å². The first-order chi connectivity index (χ1) is 7.53. The van der Waals surface area contributed by atoms with Crippen LogP contribution in [0.4, 0.5) is 0 Å². The van der Waals surface area contributed by atoms with Crippen molar-refractivity contribution in [3.8, 4) is 0 Å². The van der Waals surface area contributed by atoms with E-state index in [2.05, 4.69) is 12.2 Å². The fourth-order valence-electron chi connectivity index (χ4n) is 2.10. The van der Waals surface area contributed by atoms with Crippen molar-refractivity contribution >= 4 is 9.84 Å². The lowest BCUT2D eigenvalue weighted by Crippen LogP contribution is -2.44. The third-order valence-corrected chi connectivity index (χ3v) is 3.87. The van der Waals surface area contributed by atoms with Gasteiger partial charge in [-0.1, -0.05) is 6.92 Å². The zero-order valence-electron chi connectivity index (χ0n) is 10.2. The maximum atomic E-state index is 11.4. The predicted octanol–water partition coefficient (Wildman–Crippen LogP) is 0.826. The molecule has 2 atom stereocenters. The summed E-state index contributed by atoms with van der Waals surface area (Å²) in [7, 11) is -2.92. The predicted molar refractivity (Wildman–Crippen MR) is 65.3 cm³/mol. The van der Waals surface area contributed by atoms with Gasteiger partial charge >= 0.3 is 0 Å². The van der Waals surface area contributed by atoms with Gasteiger partial charge in [0.05, 0.1) is 12.4 Å². The summed E-state index contributed by atoms with van der Waals surface area (Å²) in [5.41, 5.74) is 0. The molecule has 2 unspecified atom stereocenters. The molecular weight excluding hydrogens is 226 g/mol. The van der Waals surface area contributed by atoms with Gasteiger partial charge in [0.2, 0.25) is 0 Å². The molecule has 4 nitrogen and oxygen atoms in total. The first-order valence-corrected chi connectivity index (χ1v) is 8.08. The monoisotopic (exact) mass is 249 g/mol. The molecule has 1 aliphatic rings. The van der Waals surface area contributed by atoms with Crippen LogP contribution in [0.1, 0.15) is 26.2 Å². The summed E-state index contributed by atoms with van der Waals surface area (Å²) in [4.78, 5) is 0. The largest absolute Gasteiger partial charge is 0.381 e. The van der Waals surface area contributed by atoms with Gasteiger partial charge in [0.15, 0.2) is 0 Å². The highest BCUT2D eigenvalue weighted by Gasteiger charge is 2.26. The number of hydrogen-bond donors (Lipinski definition) is 1. The second-order valence-corrected chi connectivity index (χ2v) is 6.82. The molecular formula is C11H23NO3S. The normalized spacial score (nSPS) is 24.2. The first-order valence-electron chi connectivity index (χ1n) is 6.02. The van der Waals surface area contributed by atoms with Crippen molar-refractivity contribution in [3.63, 3.8) is 0 Å². The van der Waals surface area contributed by atoms with Crippen LogP contribution in [0.3, 0.4) is 0 Å². The number of nitrogens with one attached hydrogen (secondary N) is 1. The van der Waals surface area contributed by atoms with Gasteiger partial charge in [-0.2, -0.15) is 0 Å². The molecule has 96 valence electrons. The van der Waals surface area contributed by atoms with E-state index in [4.69, 9.17) is 4.74 Å². The molecule has 0 bridgehead atoms. The molecule has 0 saturated carbocycles. The summed E-state index contributed by atoms with van der Waals surface area (Å²) < 4.78 is 28.2. The van der Waals surface area contributed by atoms with Crippen LogP contribution in [0.5, 0.6) is 0 Å². The van der Waals surface area contributed by atoms with Gasteiger partial charge in [0.25, 0.3) is 0 Å². The van der Waals surface area contributed by atoms with Crippen molar-refractivity contribution in [1.82, 2.24) is 5.32 Å². The Morgan fingerprint density at radius 3 is 2.75 bits per heavy atom. The second-order valence-electron chi connectivity index (χ2n) is 4.63. The summed E-state index contributed by atoms with van der Waals surface area (Å²) >= 11 is 0. The molecule has 5 heteroatoms. The van der Waals surface area contributed by atoms with Crippen molar-refractivity contribution in [2.24, 2.45) is 5.92 Å². The van der Waals surface area contributed by atoms with Gasteiger partial charge in [-0.3, -0.25) is 0 Å². The highest BCUT2D eigenvalue weighted by Crippen LogP contribution is 2.18. The van der Waals surface area contributed by atoms with E-state index < -0.39 is 9.84 Å². The Balaban J connectivity index is 2.54. The van der Waals surface area contributed by atoms with Gasteiger partial charge in [0.1, 0.15) is 9.84 Å². The van der Waals surface area contributed by atoms with Crippen LogP contribution in [-0.4, -0.2) is 46.2 Å². The van der Waals surface area contributed by atoms with Crippen LogP contribution in [0.25, 0.3) is 0 Å². The molecule has 1 saturated heterocycles. The first kappa shape index (κ1) is 13.9. The van der Waals surface area contributed by atoms with Crippen molar-refractivity contribution in [1.29, 1.82) is 0 Å². The number of ether oxygens (including phenoxy) is 1. The number of rotatable bonds is 6. The summed E-state index contributed by atoms with van der Waals surface area (Å²) in [6.07, 6.45) is 4.43. The zero-order chi connectivity index (χ0) is 12.0. The van der Waals surface area contributed by atoms with Crippen LogP contribution < -0.4 is 5.32 Å². The minimum Gasteiger partial charge on any atom is -0.381 e. The molecule has 1 N–H and O–H groups in total. The second kappa shape index (κ2) is 6.57. The fourth-order valence-corrected chi connectivity index (χ4v) is 3.14. The molecule has 0 aromatic heterocycles. The minimum atomic E-state index is -2.92. The van der Waals surface area contributed by atoms with Gasteiger partial charge in [-0.15, -0.1) is 0 Å². The highest BCUT2D eigenvalue weighted by molar-refractivity contribution is 7.90. The summed E-state index contributed by atoms with van der Waals surface area (Å²) in [5, 5.41) is 3.34. The molecule has 16 heavy (non-hydrogen) atoms. The van der Waals surface area contributed by atoms with Crippen molar-refractivity contribution in [2.45, 2.75) is 32.2 Å². The Kier molecular flexibility index (Phi) is 5.72. The van der Waals surface area contributed by atoms with E-state index in [9.17, 15) is 8.42 Å². The quantitative estimate of drug-likeness (QED) is 0.757. The molecule has 0 aromatic rings. The molecule has 0 aliphatic carbocycles. The number of hydrogen-bond acceptors (Lipinski definition) is 4. The lowest BCUT2D eigenvalue weighted by atomic mass is 9.95. The van der Waals surface area contributed by atoms with E-state index in [-0.39, 0.29) is 11.8 Å². The van der Waals surface area contributed by atoms with E-state index in [1.807, 2.05) is 0 Å². The average Bonchev–Trinajstić information content (AvgIpc) is 2.24. The van der Waals surface area contributed by atoms with E-state index in [0.29, 0.717) is 12.5 Å². The molecule has 0 spiro atoms. The van der Waals surface area contributed by atoms with Gasteiger partial charge in [0, 0.05) is 18.9 Å². The zero-order valence-corrected chi connectivity index (χ0v) is 11.1. The van der Waals surface area contributed by atoms with E-state index in [1.54, 1.807) is 0 Å². The Hall–Kier alpha value is -0.130. The number of sulfone groups is 1. The van der Waals surface area contributed by atoms with Crippen molar-refractivity contribution < 1.29 is 13.2 Å². The van der Waals surface area contributed by atoms with Crippen LogP contribution >= 0.6 is 0 Å². The third-order valence-electron chi connectivity index (χ3n) is 2.90. The van der Waals surface area contributed by atoms with E-state index in [0.717, 1.165) is 32.4 Å². The van der Waals surface area contributed by atoms with Gasteiger partial charge in [-0.25, -0.2) is 8.42 Å². The van der Waals surface area contributed by atoms with Crippen molar-refractivity contribution in [2.75, 3.05) is 31.8 Å². The molecule has 1 rings (SSSR count). The SMILES string of the molecule is CCCNC(CS(C)(=O)=O)C1CCCOC1. The maximum Gasteiger partial charge on any atom is 0.148 e. The van der Waals surface area contributed by atoms with Crippen LogP contribution in [0.15, 0.2) is 0 Å². The average molecular weight is 249 g/mol. The Morgan fingerprint density at radius 1 is 1.50 bits per heavy atom. The summed E-state index contributed by atoms with van der Waals surface area (Å²) in [6.45, 7) is 4.46. The molecule has 1 aliphatic heterocycles. The van der Waals surface area contributed by atoms with E-state index in [1.165, 1.54) is 6.26 Å². The van der Waals surface area contributed by atoms with Crippen molar-refractivity contribution in [3.05, 3.63) is 0 Å².